The molecular weight excluding hydrogens is 410 g/mol. The van der Waals surface area contributed by atoms with E-state index < -0.39 is 18.0 Å². The summed E-state index contributed by atoms with van der Waals surface area (Å²) in [5.74, 6) is 0.104. The molecule has 0 bridgehead atoms. The van der Waals surface area contributed by atoms with Gasteiger partial charge in [0.1, 0.15) is 5.15 Å². The highest BCUT2D eigenvalue weighted by molar-refractivity contribution is 6.29. The zero-order valence-electron chi connectivity index (χ0n) is 15.6. The summed E-state index contributed by atoms with van der Waals surface area (Å²) in [5, 5.41) is 3.03. The summed E-state index contributed by atoms with van der Waals surface area (Å²) in [6.07, 6.45) is 3.17. The van der Waals surface area contributed by atoms with E-state index in [0.29, 0.717) is 17.1 Å². The SMILES string of the molecule is O=C(O[C@@H](C(=O)NCc1ccc2c(c1)OCO2)c1ccncc1)c1ccc(Cl)nc1. The largest absolute Gasteiger partial charge is 0.454 e. The van der Waals surface area contributed by atoms with Gasteiger partial charge in [-0.05, 0) is 42.0 Å². The maximum atomic E-state index is 12.9. The van der Waals surface area contributed by atoms with Crippen LogP contribution in [0.4, 0.5) is 0 Å². The molecule has 4 rings (SSSR count). The zero-order valence-corrected chi connectivity index (χ0v) is 16.3. The Morgan fingerprint density at radius 2 is 1.90 bits per heavy atom. The highest BCUT2D eigenvalue weighted by Crippen LogP contribution is 2.32. The smallest absolute Gasteiger partial charge is 0.340 e. The van der Waals surface area contributed by atoms with Gasteiger partial charge in [0.25, 0.3) is 5.91 Å². The van der Waals surface area contributed by atoms with Gasteiger partial charge in [-0.15, -0.1) is 0 Å². The molecule has 0 unspecified atom stereocenters. The van der Waals surface area contributed by atoms with E-state index in [4.69, 9.17) is 25.8 Å². The lowest BCUT2D eigenvalue weighted by Crippen LogP contribution is -2.32. The molecule has 0 aliphatic carbocycles. The van der Waals surface area contributed by atoms with Crippen molar-refractivity contribution in [3.05, 3.63) is 82.9 Å². The number of nitrogens with one attached hydrogen (secondary N) is 1. The first-order chi connectivity index (χ1) is 14.6. The molecule has 1 atom stereocenters. The first-order valence-electron chi connectivity index (χ1n) is 8.99. The summed E-state index contributed by atoms with van der Waals surface area (Å²) in [4.78, 5) is 33.2. The quantitative estimate of drug-likeness (QED) is 0.478. The summed E-state index contributed by atoms with van der Waals surface area (Å²) in [7, 11) is 0. The molecular formula is C21H16ClN3O5. The standard InChI is InChI=1S/C21H16ClN3O5/c22-18-4-2-15(11-24-18)21(27)30-19(14-5-7-23-8-6-14)20(26)25-10-13-1-3-16-17(9-13)29-12-28-16/h1-9,11,19H,10,12H2,(H,25,26)/t19-/m1/s1. The van der Waals surface area contributed by atoms with Crippen molar-refractivity contribution >= 4 is 23.5 Å². The number of nitrogens with zero attached hydrogens (tertiary/aromatic N) is 2. The monoisotopic (exact) mass is 425 g/mol. The first kappa shape index (κ1) is 19.7. The van der Waals surface area contributed by atoms with Crippen molar-refractivity contribution < 1.29 is 23.8 Å². The number of hydrogen-bond acceptors (Lipinski definition) is 7. The number of carbonyl (C=O) groups excluding carboxylic acids is 2. The van der Waals surface area contributed by atoms with Crippen molar-refractivity contribution in [3.63, 3.8) is 0 Å². The van der Waals surface area contributed by atoms with E-state index in [9.17, 15) is 9.59 Å². The molecule has 1 aromatic carbocycles. The van der Waals surface area contributed by atoms with Crippen LogP contribution in [0.3, 0.4) is 0 Å². The molecule has 1 aliphatic rings. The Balaban J connectivity index is 1.48. The van der Waals surface area contributed by atoms with E-state index in [2.05, 4.69) is 15.3 Å². The minimum atomic E-state index is -1.16. The number of rotatable bonds is 6. The van der Waals surface area contributed by atoms with Gasteiger partial charge in [-0.2, -0.15) is 0 Å². The van der Waals surface area contributed by atoms with Crippen LogP contribution in [-0.4, -0.2) is 28.6 Å². The lowest BCUT2D eigenvalue weighted by molar-refractivity contribution is -0.130. The van der Waals surface area contributed by atoms with Crippen LogP contribution >= 0.6 is 11.6 Å². The van der Waals surface area contributed by atoms with Crippen LogP contribution in [-0.2, 0) is 16.1 Å². The number of hydrogen-bond donors (Lipinski definition) is 1. The summed E-state index contributed by atoms with van der Waals surface area (Å²) in [6.45, 7) is 0.391. The minimum absolute atomic E-state index is 0.171. The molecule has 0 spiro atoms. The van der Waals surface area contributed by atoms with E-state index in [1.54, 1.807) is 24.3 Å². The van der Waals surface area contributed by atoms with Gasteiger partial charge < -0.3 is 19.5 Å². The van der Waals surface area contributed by atoms with Crippen molar-refractivity contribution in [2.24, 2.45) is 0 Å². The Labute approximate surface area is 176 Å². The van der Waals surface area contributed by atoms with Gasteiger partial charge in [0.15, 0.2) is 11.5 Å². The van der Waals surface area contributed by atoms with E-state index >= 15 is 0 Å². The van der Waals surface area contributed by atoms with Crippen molar-refractivity contribution in [2.75, 3.05) is 6.79 Å². The molecule has 30 heavy (non-hydrogen) atoms. The van der Waals surface area contributed by atoms with Gasteiger partial charge in [-0.3, -0.25) is 9.78 Å². The molecule has 3 aromatic rings. The molecule has 2 aromatic heterocycles. The van der Waals surface area contributed by atoms with Gasteiger partial charge in [-0.25, -0.2) is 9.78 Å². The van der Waals surface area contributed by atoms with Gasteiger partial charge in [-0.1, -0.05) is 17.7 Å². The molecule has 3 heterocycles. The van der Waals surface area contributed by atoms with E-state index in [-0.39, 0.29) is 24.1 Å². The Kier molecular flexibility index (Phi) is 5.76. The topological polar surface area (TPSA) is 99.6 Å². The highest BCUT2D eigenvalue weighted by atomic mass is 35.5. The number of halogens is 1. The average molecular weight is 426 g/mol. The second-order valence-corrected chi connectivity index (χ2v) is 6.73. The molecule has 0 saturated carbocycles. The maximum Gasteiger partial charge on any atom is 0.340 e. The molecule has 1 amide bonds. The van der Waals surface area contributed by atoms with E-state index in [1.807, 2.05) is 6.07 Å². The van der Waals surface area contributed by atoms with Gasteiger partial charge in [0, 0.05) is 30.7 Å². The van der Waals surface area contributed by atoms with Crippen LogP contribution in [0.5, 0.6) is 11.5 Å². The van der Waals surface area contributed by atoms with Gasteiger partial charge in [0.2, 0.25) is 12.9 Å². The molecule has 152 valence electrons. The fraction of sp³-hybridized carbons (Fsp3) is 0.143. The van der Waals surface area contributed by atoms with Crippen molar-refractivity contribution in [3.8, 4) is 11.5 Å². The summed E-state index contributed by atoms with van der Waals surface area (Å²) in [6, 6.07) is 11.6. The third-order valence-electron chi connectivity index (χ3n) is 4.34. The fourth-order valence-corrected chi connectivity index (χ4v) is 2.93. The average Bonchev–Trinajstić information content (AvgIpc) is 3.24. The number of fused-ring (bicyclic) bond motifs is 1. The highest BCUT2D eigenvalue weighted by Gasteiger charge is 2.26. The molecule has 0 fully saturated rings. The van der Waals surface area contributed by atoms with Crippen LogP contribution in [0.1, 0.15) is 27.6 Å². The Bertz CT molecular complexity index is 1060. The summed E-state index contributed by atoms with van der Waals surface area (Å²) < 4.78 is 16.1. The first-order valence-corrected chi connectivity index (χ1v) is 9.36. The molecule has 1 aliphatic heterocycles. The number of benzene rings is 1. The molecule has 0 saturated heterocycles. The van der Waals surface area contributed by atoms with Crippen molar-refractivity contribution in [1.29, 1.82) is 0 Å². The van der Waals surface area contributed by atoms with Crippen LogP contribution in [0, 0.1) is 0 Å². The maximum absolute atomic E-state index is 12.9. The van der Waals surface area contributed by atoms with Crippen molar-refractivity contribution in [1.82, 2.24) is 15.3 Å². The molecule has 8 nitrogen and oxygen atoms in total. The predicted molar refractivity (Wildman–Crippen MR) is 106 cm³/mol. The number of carbonyl (C=O) groups is 2. The number of ether oxygens (including phenoxy) is 3. The van der Waals surface area contributed by atoms with Crippen LogP contribution in [0.2, 0.25) is 5.15 Å². The second kappa shape index (κ2) is 8.79. The Morgan fingerprint density at radius 3 is 2.67 bits per heavy atom. The zero-order chi connectivity index (χ0) is 20.9. The second-order valence-electron chi connectivity index (χ2n) is 6.34. The number of esters is 1. The number of amides is 1. The van der Waals surface area contributed by atoms with E-state index in [1.165, 1.54) is 30.7 Å². The van der Waals surface area contributed by atoms with Crippen LogP contribution in [0.25, 0.3) is 0 Å². The molecule has 1 N–H and O–H groups in total. The van der Waals surface area contributed by atoms with Gasteiger partial charge >= 0.3 is 5.97 Å². The van der Waals surface area contributed by atoms with Crippen LogP contribution in [0.15, 0.2) is 61.1 Å². The third-order valence-corrected chi connectivity index (χ3v) is 4.56. The van der Waals surface area contributed by atoms with E-state index in [0.717, 1.165) is 5.56 Å². The number of aromatic nitrogens is 2. The van der Waals surface area contributed by atoms with Crippen LogP contribution < -0.4 is 14.8 Å². The van der Waals surface area contributed by atoms with Gasteiger partial charge in [0.05, 0.1) is 5.56 Å². The predicted octanol–water partition coefficient (Wildman–Crippen LogP) is 3.07. The summed E-state index contributed by atoms with van der Waals surface area (Å²) in [5.41, 5.74) is 1.49. The minimum Gasteiger partial charge on any atom is -0.454 e. The number of pyridine rings is 2. The van der Waals surface area contributed by atoms with Crippen molar-refractivity contribution in [2.45, 2.75) is 12.6 Å². The molecule has 9 heteroatoms. The Morgan fingerprint density at radius 1 is 1.10 bits per heavy atom. The lowest BCUT2D eigenvalue weighted by atomic mass is 10.1. The molecule has 0 radical (unpaired) electrons. The lowest BCUT2D eigenvalue weighted by Gasteiger charge is -2.18. The Hall–Kier alpha value is -3.65. The fourth-order valence-electron chi connectivity index (χ4n) is 2.82. The normalized spacial score (nSPS) is 12.8. The summed E-state index contributed by atoms with van der Waals surface area (Å²) >= 11 is 5.75. The third kappa shape index (κ3) is 4.49.